The van der Waals surface area contributed by atoms with Crippen molar-refractivity contribution in [3.05, 3.63) is 45.8 Å². The smallest absolute Gasteiger partial charge is 0.337 e. The summed E-state index contributed by atoms with van der Waals surface area (Å²) >= 11 is 0. The highest BCUT2D eigenvalue weighted by Gasteiger charge is 2.06. The molecule has 0 fully saturated rings. The van der Waals surface area contributed by atoms with Gasteiger partial charge >= 0.3 is 5.97 Å². The van der Waals surface area contributed by atoms with Gasteiger partial charge in [-0.1, -0.05) is 23.3 Å². The fraction of sp³-hybridized carbons (Fsp3) is 0.182. The lowest BCUT2D eigenvalue weighted by Crippen LogP contribution is -2.02. The molecule has 0 aliphatic carbocycles. The van der Waals surface area contributed by atoms with E-state index in [0.29, 0.717) is 11.3 Å². The van der Waals surface area contributed by atoms with Gasteiger partial charge in [0.25, 0.3) is 0 Å². The Morgan fingerprint density at radius 2 is 2.41 bits per heavy atom. The number of hydrogen-bond acceptors (Lipinski definition) is 4. The number of anilines is 1. The number of nitrogen functional groups attached to an aromatic ring is 1. The first kappa shape index (κ1) is 12.6. The molecule has 0 aromatic heterocycles. The molecule has 0 bridgehead atoms. The van der Waals surface area contributed by atoms with E-state index in [1.807, 2.05) is 0 Å². The van der Waals surface area contributed by atoms with E-state index in [4.69, 9.17) is 11.3 Å². The van der Waals surface area contributed by atoms with Crippen LogP contribution >= 0.6 is 0 Å². The maximum absolute atomic E-state index is 11.2. The van der Waals surface area contributed by atoms with Crippen LogP contribution in [-0.2, 0) is 4.74 Å². The van der Waals surface area contributed by atoms with Crippen molar-refractivity contribution < 1.29 is 9.53 Å². The van der Waals surface area contributed by atoms with E-state index in [1.54, 1.807) is 30.4 Å². The topological polar surface area (TPSA) is 101 Å². The molecule has 0 saturated carbocycles. The van der Waals surface area contributed by atoms with Crippen LogP contribution in [0.4, 0.5) is 5.69 Å². The van der Waals surface area contributed by atoms with Crippen LogP contribution in [0.1, 0.15) is 15.9 Å². The second kappa shape index (κ2) is 6.19. The van der Waals surface area contributed by atoms with Crippen molar-refractivity contribution in [3.63, 3.8) is 0 Å². The number of azide groups is 1. The van der Waals surface area contributed by atoms with Crippen molar-refractivity contribution in [1.82, 2.24) is 0 Å². The summed E-state index contributed by atoms with van der Waals surface area (Å²) in [5, 5.41) is 3.35. The molecule has 0 spiro atoms. The Kier molecular flexibility index (Phi) is 4.59. The predicted molar refractivity (Wildman–Crippen MR) is 65.2 cm³/mol. The lowest BCUT2D eigenvalue weighted by Gasteiger charge is -2.03. The molecule has 1 rings (SSSR count). The first-order valence-corrected chi connectivity index (χ1v) is 4.84. The number of benzene rings is 1. The highest BCUT2D eigenvalue weighted by atomic mass is 16.5. The Morgan fingerprint density at radius 1 is 1.65 bits per heavy atom. The minimum absolute atomic E-state index is 0.259. The van der Waals surface area contributed by atoms with E-state index in [2.05, 4.69) is 14.8 Å². The third kappa shape index (κ3) is 3.55. The first-order chi connectivity index (χ1) is 8.19. The number of hydrogen-bond donors (Lipinski definition) is 1. The monoisotopic (exact) mass is 232 g/mol. The minimum atomic E-state index is -0.429. The average molecular weight is 232 g/mol. The van der Waals surface area contributed by atoms with Gasteiger partial charge in [-0.25, -0.2) is 4.79 Å². The van der Waals surface area contributed by atoms with Crippen molar-refractivity contribution in [2.45, 2.75) is 0 Å². The van der Waals surface area contributed by atoms with E-state index in [9.17, 15) is 4.79 Å². The number of rotatable bonds is 4. The molecule has 17 heavy (non-hydrogen) atoms. The number of methoxy groups -OCH3 is 1. The molecule has 0 aliphatic rings. The van der Waals surface area contributed by atoms with E-state index >= 15 is 0 Å². The maximum Gasteiger partial charge on any atom is 0.337 e. The van der Waals surface area contributed by atoms with Crippen molar-refractivity contribution in [2.24, 2.45) is 5.11 Å². The average Bonchev–Trinajstić information content (AvgIpc) is 2.35. The van der Waals surface area contributed by atoms with Crippen LogP contribution in [0.15, 0.2) is 29.4 Å². The van der Waals surface area contributed by atoms with Gasteiger partial charge in [0.05, 0.1) is 12.7 Å². The summed E-state index contributed by atoms with van der Waals surface area (Å²) in [6.07, 6.45) is 3.41. The van der Waals surface area contributed by atoms with Gasteiger partial charge < -0.3 is 10.5 Å². The quantitative estimate of drug-likeness (QED) is 0.283. The Hall–Kier alpha value is -2.46. The molecule has 1 aromatic rings. The fourth-order valence-electron chi connectivity index (χ4n) is 1.23. The van der Waals surface area contributed by atoms with Gasteiger partial charge in [-0.05, 0) is 23.2 Å². The standard InChI is InChI=1S/C11H12N4O2/c1-17-11(16)9-5-4-8(10(12)7-9)3-2-6-14-15-13/h2-5,7H,6,12H2,1H3. The van der Waals surface area contributed by atoms with Crippen molar-refractivity contribution in [2.75, 3.05) is 19.4 Å². The SMILES string of the molecule is COC(=O)c1ccc(C=CCN=[N+]=[N-])c(N)c1. The van der Waals surface area contributed by atoms with Crippen molar-refractivity contribution in [1.29, 1.82) is 0 Å². The number of carbonyl (C=O) groups is 1. The summed E-state index contributed by atoms with van der Waals surface area (Å²) in [5.41, 5.74) is 15.5. The van der Waals surface area contributed by atoms with Gasteiger partial charge in [0.1, 0.15) is 0 Å². The summed E-state index contributed by atoms with van der Waals surface area (Å²) in [7, 11) is 1.31. The lowest BCUT2D eigenvalue weighted by atomic mass is 10.1. The van der Waals surface area contributed by atoms with Gasteiger partial charge in [0.2, 0.25) is 0 Å². The Bertz CT molecular complexity index is 490. The molecule has 0 radical (unpaired) electrons. The normalized spacial score (nSPS) is 9.94. The molecule has 1 aromatic carbocycles. The minimum Gasteiger partial charge on any atom is -0.465 e. The van der Waals surface area contributed by atoms with Crippen LogP contribution < -0.4 is 5.73 Å². The van der Waals surface area contributed by atoms with Gasteiger partial charge in [0, 0.05) is 17.1 Å². The summed E-state index contributed by atoms with van der Waals surface area (Å²) in [6, 6.07) is 4.86. The molecule has 6 heteroatoms. The Balaban J connectivity index is 2.86. The number of ether oxygens (including phenoxy) is 1. The molecule has 2 N–H and O–H groups in total. The van der Waals surface area contributed by atoms with Crippen LogP contribution in [0.25, 0.3) is 16.5 Å². The molecular weight excluding hydrogens is 220 g/mol. The molecule has 88 valence electrons. The number of carbonyl (C=O) groups excluding carboxylic acids is 1. The number of nitrogens with two attached hydrogens (primary N) is 1. The van der Waals surface area contributed by atoms with Crippen LogP contribution in [0.5, 0.6) is 0 Å². The van der Waals surface area contributed by atoms with E-state index in [1.165, 1.54) is 7.11 Å². The summed E-state index contributed by atoms with van der Waals surface area (Å²) < 4.78 is 4.58. The molecule has 0 heterocycles. The summed E-state index contributed by atoms with van der Waals surface area (Å²) in [4.78, 5) is 13.8. The van der Waals surface area contributed by atoms with Crippen LogP contribution in [-0.4, -0.2) is 19.6 Å². The van der Waals surface area contributed by atoms with Gasteiger partial charge in [-0.15, -0.1) is 0 Å². The molecule has 0 amide bonds. The van der Waals surface area contributed by atoms with Crippen LogP contribution in [0, 0.1) is 0 Å². The lowest BCUT2D eigenvalue weighted by molar-refractivity contribution is 0.0601. The zero-order valence-corrected chi connectivity index (χ0v) is 9.33. The summed E-state index contributed by atoms with van der Waals surface area (Å²) in [6.45, 7) is 0.259. The van der Waals surface area contributed by atoms with E-state index in [-0.39, 0.29) is 6.54 Å². The third-order valence-corrected chi connectivity index (χ3v) is 2.06. The maximum atomic E-state index is 11.2. The number of nitrogens with zero attached hydrogens (tertiary/aromatic N) is 3. The van der Waals surface area contributed by atoms with Gasteiger partial charge in [0.15, 0.2) is 0 Å². The third-order valence-electron chi connectivity index (χ3n) is 2.06. The highest BCUT2D eigenvalue weighted by molar-refractivity contribution is 5.91. The van der Waals surface area contributed by atoms with Crippen molar-refractivity contribution in [3.8, 4) is 0 Å². The van der Waals surface area contributed by atoms with Gasteiger partial charge in [-0.2, -0.15) is 0 Å². The fourth-order valence-corrected chi connectivity index (χ4v) is 1.23. The molecule has 0 saturated heterocycles. The van der Waals surface area contributed by atoms with Crippen LogP contribution in [0.2, 0.25) is 0 Å². The molecule has 0 unspecified atom stereocenters. The first-order valence-electron chi connectivity index (χ1n) is 4.84. The second-order valence-corrected chi connectivity index (χ2v) is 3.15. The van der Waals surface area contributed by atoms with E-state index in [0.717, 1.165) is 5.56 Å². The largest absolute Gasteiger partial charge is 0.465 e. The number of esters is 1. The predicted octanol–water partition coefficient (Wildman–Crippen LogP) is 2.38. The van der Waals surface area contributed by atoms with Crippen molar-refractivity contribution >= 4 is 17.7 Å². The van der Waals surface area contributed by atoms with Gasteiger partial charge in [-0.3, -0.25) is 0 Å². The molecular formula is C11H12N4O2. The highest BCUT2D eigenvalue weighted by Crippen LogP contribution is 2.16. The Morgan fingerprint density at radius 3 is 3.00 bits per heavy atom. The van der Waals surface area contributed by atoms with E-state index < -0.39 is 5.97 Å². The Labute approximate surface area is 98.3 Å². The summed E-state index contributed by atoms with van der Waals surface area (Å²) in [5.74, 6) is -0.429. The molecule has 0 aliphatic heterocycles. The zero-order valence-electron chi connectivity index (χ0n) is 9.33. The second-order valence-electron chi connectivity index (χ2n) is 3.15. The zero-order chi connectivity index (χ0) is 12.7. The molecule has 6 nitrogen and oxygen atoms in total. The van der Waals surface area contributed by atoms with Crippen LogP contribution in [0.3, 0.4) is 0 Å². The molecule has 0 atom stereocenters.